The zero-order valence-corrected chi connectivity index (χ0v) is 16.4. The van der Waals surface area contributed by atoms with Crippen molar-refractivity contribution < 1.29 is 13.2 Å². The number of nitrogens with one attached hydrogen (secondary N) is 1. The Labute approximate surface area is 161 Å². The molecule has 6 heteroatoms. The minimum Gasteiger partial charge on any atom is -0.326 e. The molecule has 1 saturated heterocycles. The third-order valence-corrected chi connectivity index (χ3v) is 6.88. The zero-order valence-electron chi connectivity index (χ0n) is 15.6. The molecule has 1 aliphatic rings. The van der Waals surface area contributed by atoms with Crippen LogP contribution in [0.2, 0.25) is 0 Å². The normalized spacial score (nSPS) is 16.6. The fraction of sp³-hybridized carbons (Fsp3) is 0.381. The van der Waals surface area contributed by atoms with Crippen molar-refractivity contribution in [2.24, 2.45) is 0 Å². The van der Waals surface area contributed by atoms with E-state index < -0.39 is 10.0 Å². The molecule has 1 N–H and O–H groups in total. The van der Waals surface area contributed by atoms with Gasteiger partial charge in [-0.05, 0) is 43.0 Å². The second kappa shape index (κ2) is 8.67. The van der Waals surface area contributed by atoms with Gasteiger partial charge in [0.05, 0.1) is 10.8 Å². The Morgan fingerprint density at radius 2 is 1.74 bits per heavy atom. The van der Waals surface area contributed by atoms with E-state index in [0.717, 1.165) is 24.8 Å². The first-order valence-electron chi connectivity index (χ1n) is 9.48. The summed E-state index contributed by atoms with van der Waals surface area (Å²) in [6.45, 7) is 3.09. The molecule has 0 aromatic heterocycles. The number of anilines is 1. The van der Waals surface area contributed by atoms with Gasteiger partial charge in [-0.1, -0.05) is 49.7 Å². The quantitative estimate of drug-likeness (QED) is 0.816. The Kier molecular flexibility index (Phi) is 6.29. The molecule has 144 valence electrons. The van der Waals surface area contributed by atoms with Crippen LogP contribution >= 0.6 is 0 Å². The van der Waals surface area contributed by atoms with Crippen molar-refractivity contribution in [1.29, 1.82) is 0 Å². The third kappa shape index (κ3) is 4.57. The molecule has 1 atom stereocenters. The highest BCUT2D eigenvalue weighted by molar-refractivity contribution is 7.89. The fourth-order valence-electron chi connectivity index (χ4n) is 3.48. The maximum Gasteiger partial charge on any atom is 0.243 e. The van der Waals surface area contributed by atoms with Gasteiger partial charge >= 0.3 is 0 Å². The number of hydrogen-bond donors (Lipinski definition) is 1. The van der Waals surface area contributed by atoms with Gasteiger partial charge in [0.2, 0.25) is 15.9 Å². The second-order valence-electron chi connectivity index (χ2n) is 6.85. The molecular formula is C21H26N2O3S. The number of nitrogens with zero attached hydrogens (tertiary/aromatic N) is 1. The molecule has 0 saturated carbocycles. The maximum atomic E-state index is 12.8. The van der Waals surface area contributed by atoms with Crippen LogP contribution in [0, 0.1) is 0 Å². The summed E-state index contributed by atoms with van der Waals surface area (Å²) in [6.07, 6.45) is 3.53. The van der Waals surface area contributed by atoms with Crippen molar-refractivity contribution in [2.75, 3.05) is 18.4 Å². The minimum absolute atomic E-state index is 0.128. The number of carbonyl (C=O) groups is 1. The van der Waals surface area contributed by atoms with Gasteiger partial charge in [0.25, 0.3) is 0 Å². The fourth-order valence-corrected chi connectivity index (χ4v) is 5.04. The lowest BCUT2D eigenvalue weighted by molar-refractivity contribution is -0.117. The van der Waals surface area contributed by atoms with Gasteiger partial charge in [-0.2, -0.15) is 4.31 Å². The Hall–Kier alpha value is -2.18. The largest absolute Gasteiger partial charge is 0.326 e. The summed E-state index contributed by atoms with van der Waals surface area (Å²) in [5.74, 6) is -0.398. The summed E-state index contributed by atoms with van der Waals surface area (Å²) in [6, 6.07) is 16.2. The summed E-state index contributed by atoms with van der Waals surface area (Å²) >= 11 is 0. The Bertz CT molecular complexity index is 875. The lowest BCUT2D eigenvalue weighted by Crippen LogP contribution is -2.35. The smallest absolute Gasteiger partial charge is 0.243 e. The van der Waals surface area contributed by atoms with E-state index in [-0.39, 0.29) is 16.7 Å². The molecule has 0 unspecified atom stereocenters. The van der Waals surface area contributed by atoms with E-state index in [1.54, 1.807) is 24.3 Å². The molecule has 0 radical (unpaired) electrons. The zero-order chi connectivity index (χ0) is 19.3. The van der Waals surface area contributed by atoms with Crippen LogP contribution in [0.15, 0.2) is 59.5 Å². The molecule has 1 amide bonds. The van der Waals surface area contributed by atoms with Gasteiger partial charge in [0.1, 0.15) is 0 Å². The standard InChI is InChI=1S/C21H26N2O3S/c1-2-20(17-10-5-3-6-11-17)21(24)22-18-12-9-13-19(16-18)27(25,26)23-14-7-4-8-15-23/h3,5-6,9-13,16,20H,2,4,7-8,14-15H2,1H3,(H,22,24)/t20-/m1/s1. The summed E-state index contributed by atoms with van der Waals surface area (Å²) in [5.41, 5.74) is 1.46. The first kappa shape index (κ1) is 19.6. The molecule has 1 aliphatic heterocycles. The Morgan fingerprint density at radius 1 is 1.04 bits per heavy atom. The topological polar surface area (TPSA) is 66.5 Å². The van der Waals surface area contributed by atoms with E-state index in [1.807, 2.05) is 37.3 Å². The van der Waals surface area contributed by atoms with Gasteiger partial charge in [-0.3, -0.25) is 4.79 Å². The first-order valence-corrected chi connectivity index (χ1v) is 10.9. The van der Waals surface area contributed by atoms with Crippen molar-refractivity contribution >= 4 is 21.6 Å². The van der Waals surface area contributed by atoms with E-state index >= 15 is 0 Å². The lowest BCUT2D eigenvalue weighted by Gasteiger charge is -2.26. The van der Waals surface area contributed by atoms with Gasteiger partial charge in [0, 0.05) is 18.8 Å². The molecule has 0 aliphatic carbocycles. The van der Waals surface area contributed by atoms with Crippen molar-refractivity contribution in [3.8, 4) is 0 Å². The van der Waals surface area contributed by atoms with E-state index in [9.17, 15) is 13.2 Å². The van der Waals surface area contributed by atoms with Crippen LogP contribution in [-0.2, 0) is 14.8 Å². The highest BCUT2D eigenvalue weighted by Gasteiger charge is 2.26. The molecule has 1 heterocycles. The highest BCUT2D eigenvalue weighted by atomic mass is 32.2. The van der Waals surface area contributed by atoms with Gasteiger partial charge in [-0.25, -0.2) is 8.42 Å². The van der Waals surface area contributed by atoms with Crippen molar-refractivity contribution in [2.45, 2.75) is 43.4 Å². The van der Waals surface area contributed by atoms with Crippen LogP contribution in [-0.4, -0.2) is 31.7 Å². The van der Waals surface area contributed by atoms with Crippen LogP contribution in [0.3, 0.4) is 0 Å². The van der Waals surface area contributed by atoms with E-state index in [4.69, 9.17) is 0 Å². The number of rotatable bonds is 6. The number of benzene rings is 2. The van der Waals surface area contributed by atoms with Gasteiger partial charge in [-0.15, -0.1) is 0 Å². The van der Waals surface area contributed by atoms with E-state index in [1.165, 1.54) is 4.31 Å². The van der Waals surface area contributed by atoms with Crippen LogP contribution < -0.4 is 5.32 Å². The summed E-state index contributed by atoms with van der Waals surface area (Å²) in [7, 11) is -3.52. The van der Waals surface area contributed by atoms with Crippen LogP contribution in [0.5, 0.6) is 0 Å². The van der Waals surface area contributed by atoms with Gasteiger partial charge < -0.3 is 5.32 Å². The average Bonchev–Trinajstić information content (AvgIpc) is 2.70. The predicted octanol–water partition coefficient (Wildman–Crippen LogP) is 3.99. The van der Waals surface area contributed by atoms with E-state index in [0.29, 0.717) is 25.2 Å². The monoisotopic (exact) mass is 386 g/mol. The number of sulfonamides is 1. The SMILES string of the molecule is CC[C@@H](C(=O)Nc1cccc(S(=O)(=O)N2CCCCC2)c1)c1ccccc1. The number of amides is 1. The molecule has 2 aromatic rings. The highest BCUT2D eigenvalue weighted by Crippen LogP contribution is 2.25. The van der Waals surface area contributed by atoms with Crippen molar-refractivity contribution in [3.05, 3.63) is 60.2 Å². The molecule has 5 nitrogen and oxygen atoms in total. The van der Waals surface area contributed by atoms with Crippen LogP contribution in [0.25, 0.3) is 0 Å². The van der Waals surface area contributed by atoms with E-state index in [2.05, 4.69) is 5.32 Å². The Morgan fingerprint density at radius 3 is 2.41 bits per heavy atom. The van der Waals surface area contributed by atoms with Crippen LogP contribution in [0.4, 0.5) is 5.69 Å². The van der Waals surface area contributed by atoms with Crippen molar-refractivity contribution in [3.63, 3.8) is 0 Å². The number of piperidine rings is 1. The minimum atomic E-state index is -3.52. The summed E-state index contributed by atoms with van der Waals surface area (Å²) in [4.78, 5) is 13.0. The molecule has 0 spiro atoms. The molecule has 3 rings (SSSR count). The lowest BCUT2D eigenvalue weighted by atomic mass is 9.95. The number of hydrogen-bond acceptors (Lipinski definition) is 3. The average molecular weight is 387 g/mol. The van der Waals surface area contributed by atoms with Crippen LogP contribution in [0.1, 0.15) is 44.1 Å². The first-order chi connectivity index (χ1) is 13.0. The number of carbonyl (C=O) groups excluding carboxylic acids is 1. The summed E-state index contributed by atoms with van der Waals surface area (Å²) in [5, 5.41) is 2.88. The maximum absolute atomic E-state index is 12.8. The van der Waals surface area contributed by atoms with Crippen molar-refractivity contribution in [1.82, 2.24) is 4.31 Å². The predicted molar refractivity (Wildman–Crippen MR) is 107 cm³/mol. The second-order valence-corrected chi connectivity index (χ2v) is 8.79. The Balaban J connectivity index is 1.78. The van der Waals surface area contributed by atoms with Gasteiger partial charge in [0.15, 0.2) is 0 Å². The third-order valence-electron chi connectivity index (χ3n) is 4.98. The molecule has 2 aromatic carbocycles. The molecule has 1 fully saturated rings. The molecular weight excluding hydrogens is 360 g/mol. The molecule has 0 bridgehead atoms. The summed E-state index contributed by atoms with van der Waals surface area (Å²) < 4.78 is 27.2. The molecule has 27 heavy (non-hydrogen) atoms.